The number of hydrogen-bond acceptors (Lipinski definition) is 1. The molecule has 98 valence electrons. The molecule has 0 aromatic heterocycles. The van der Waals surface area contributed by atoms with E-state index in [0.29, 0.717) is 10.6 Å². The van der Waals surface area contributed by atoms with Gasteiger partial charge in [0.25, 0.3) is 0 Å². The second kappa shape index (κ2) is 7.63. The first-order valence-electron chi connectivity index (χ1n) is 5.39. The molecule has 0 aliphatic rings. The van der Waals surface area contributed by atoms with Gasteiger partial charge in [-0.15, -0.1) is 17.0 Å². The molecule has 0 heterocycles. The molecule has 0 amide bonds. The molecule has 0 aliphatic carbocycles. The Morgan fingerprint density at radius 3 is 2.16 bits per heavy atom. The summed E-state index contributed by atoms with van der Waals surface area (Å²) in [7, 11) is 0. The Morgan fingerprint density at radius 1 is 1.00 bits per heavy atom. The molecule has 0 N–H and O–H groups in total. The molecular formula is C15H11Br2ClO. The standard InChI is InChI=1S/C15H10BrClO.BrH/c16-13-6-1-11(2-7-13)3-10-15(18)12-4-8-14(17)9-5-12;/h1-10H;1H. The molecule has 0 radical (unpaired) electrons. The molecule has 2 aromatic rings. The zero-order valence-electron chi connectivity index (χ0n) is 9.85. The Bertz CT molecular complexity index is 574. The number of hydrogen-bond donors (Lipinski definition) is 0. The Kier molecular flexibility index (Phi) is 6.49. The van der Waals surface area contributed by atoms with Gasteiger partial charge in [0.2, 0.25) is 0 Å². The van der Waals surface area contributed by atoms with Gasteiger partial charge in [0, 0.05) is 15.1 Å². The average Bonchev–Trinajstić information content (AvgIpc) is 2.38. The normalized spacial score (nSPS) is 10.2. The van der Waals surface area contributed by atoms with E-state index >= 15 is 0 Å². The zero-order valence-corrected chi connectivity index (χ0v) is 13.9. The average molecular weight is 403 g/mol. The highest BCUT2D eigenvalue weighted by molar-refractivity contribution is 9.10. The van der Waals surface area contributed by atoms with Gasteiger partial charge in [-0.25, -0.2) is 0 Å². The van der Waals surface area contributed by atoms with Crippen LogP contribution in [0, 0.1) is 0 Å². The van der Waals surface area contributed by atoms with Gasteiger partial charge in [-0.3, -0.25) is 4.79 Å². The van der Waals surface area contributed by atoms with Crippen LogP contribution in [0.1, 0.15) is 15.9 Å². The van der Waals surface area contributed by atoms with Crippen LogP contribution in [0.3, 0.4) is 0 Å². The van der Waals surface area contributed by atoms with Gasteiger partial charge in [0.05, 0.1) is 0 Å². The fraction of sp³-hybridized carbons (Fsp3) is 0. The molecule has 0 saturated carbocycles. The van der Waals surface area contributed by atoms with Gasteiger partial charge in [-0.2, -0.15) is 0 Å². The van der Waals surface area contributed by atoms with Crippen molar-refractivity contribution in [3.05, 3.63) is 75.2 Å². The SMILES string of the molecule is Br.O=C(C=Cc1ccc(Br)cc1)c1ccc(Cl)cc1. The number of allylic oxidation sites excluding steroid dienone is 1. The largest absolute Gasteiger partial charge is 0.289 e. The highest BCUT2D eigenvalue weighted by atomic mass is 79.9. The molecule has 0 spiro atoms. The number of rotatable bonds is 3. The highest BCUT2D eigenvalue weighted by Crippen LogP contribution is 2.13. The molecule has 0 saturated heterocycles. The minimum Gasteiger partial charge on any atom is -0.289 e. The van der Waals surface area contributed by atoms with Crippen molar-refractivity contribution in [1.29, 1.82) is 0 Å². The van der Waals surface area contributed by atoms with Crippen LogP contribution in [0.15, 0.2) is 59.1 Å². The lowest BCUT2D eigenvalue weighted by atomic mass is 10.1. The quantitative estimate of drug-likeness (QED) is 0.484. The summed E-state index contributed by atoms with van der Waals surface area (Å²) in [6.45, 7) is 0. The van der Waals surface area contributed by atoms with Gasteiger partial charge in [-0.05, 0) is 48.0 Å². The monoisotopic (exact) mass is 400 g/mol. The Labute approximate surface area is 136 Å². The maximum atomic E-state index is 11.9. The maximum Gasteiger partial charge on any atom is 0.185 e. The molecule has 0 aliphatic heterocycles. The summed E-state index contributed by atoms with van der Waals surface area (Å²) >= 11 is 9.14. The third-order valence-electron chi connectivity index (χ3n) is 2.43. The van der Waals surface area contributed by atoms with Crippen LogP contribution >= 0.6 is 44.5 Å². The Balaban J connectivity index is 0.00000180. The van der Waals surface area contributed by atoms with E-state index < -0.39 is 0 Å². The third kappa shape index (κ3) is 4.94. The second-order valence-corrected chi connectivity index (χ2v) is 5.11. The lowest BCUT2D eigenvalue weighted by Gasteiger charge is -1.96. The molecule has 1 nitrogen and oxygen atoms in total. The van der Waals surface area contributed by atoms with Crippen molar-refractivity contribution in [3.8, 4) is 0 Å². The Morgan fingerprint density at radius 2 is 1.58 bits per heavy atom. The van der Waals surface area contributed by atoms with Crippen molar-refractivity contribution in [3.63, 3.8) is 0 Å². The summed E-state index contributed by atoms with van der Waals surface area (Å²) in [6, 6.07) is 14.6. The predicted molar refractivity (Wildman–Crippen MR) is 89.3 cm³/mol. The van der Waals surface area contributed by atoms with Gasteiger partial charge in [0.1, 0.15) is 0 Å². The van der Waals surface area contributed by atoms with Gasteiger partial charge >= 0.3 is 0 Å². The summed E-state index contributed by atoms with van der Waals surface area (Å²) in [5.41, 5.74) is 1.62. The third-order valence-corrected chi connectivity index (χ3v) is 3.21. The highest BCUT2D eigenvalue weighted by Gasteiger charge is 2.00. The first-order valence-corrected chi connectivity index (χ1v) is 6.56. The van der Waals surface area contributed by atoms with Crippen LogP contribution in [0.4, 0.5) is 0 Å². The topological polar surface area (TPSA) is 17.1 Å². The molecule has 0 fully saturated rings. The molecule has 2 rings (SSSR count). The van der Waals surface area contributed by atoms with Crippen LogP contribution in [-0.4, -0.2) is 5.78 Å². The van der Waals surface area contributed by atoms with Crippen LogP contribution in [0.5, 0.6) is 0 Å². The van der Waals surface area contributed by atoms with Crippen molar-refractivity contribution in [2.45, 2.75) is 0 Å². The van der Waals surface area contributed by atoms with E-state index in [9.17, 15) is 4.79 Å². The predicted octanol–water partition coefficient (Wildman–Crippen LogP) is 5.58. The molecule has 4 heteroatoms. The summed E-state index contributed by atoms with van der Waals surface area (Å²) in [4.78, 5) is 11.9. The van der Waals surface area contributed by atoms with Crippen LogP contribution < -0.4 is 0 Å². The van der Waals surface area contributed by atoms with E-state index in [1.807, 2.05) is 24.3 Å². The summed E-state index contributed by atoms with van der Waals surface area (Å²) < 4.78 is 1.02. The first-order chi connectivity index (χ1) is 8.65. The Hall–Kier alpha value is -0.900. The summed E-state index contributed by atoms with van der Waals surface area (Å²) in [5.74, 6) is -0.0328. The van der Waals surface area contributed by atoms with Crippen molar-refractivity contribution in [1.82, 2.24) is 0 Å². The fourth-order valence-electron chi connectivity index (χ4n) is 1.46. The van der Waals surface area contributed by atoms with Crippen molar-refractivity contribution in [2.75, 3.05) is 0 Å². The van der Waals surface area contributed by atoms with E-state index in [0.717, 1.165) is 10.0 Å². The van der Waals surface area contributed by atoms with Crippen LogP contribution in [-0.2, 0) is 0 Å². The number of ketones is 1. The van der Waals surface area contributed by atoms with Crippen molar-refractivity contribution >= 4 is 56.4 Å². The van der Waals surface area contributed by atoms with Gasteiger partial charge in [-0.1, -0.05) is 45.7 Å². The van der Waals surface area contributed by atoms with Gasteiger partial charge in [0.15, 0.2) is 5.78 Å². The number of benzene rings is 2. The summed E-state index contributed by atoms with van der Waals surface area (Å²) in [6.07, 6.45) is 3.36. The smallest absolute Gasteiger partial charge is 0.185 e. The molecule has 0 unspecified atom stereocenters. The van der Waals surface area contributed by atoms with E-state index in [2.05, 4.69) is 15.9 Å². The summed E-state index contributed by atoms with van der Waals surface area (Å²) in [5, 5.41) is 0.628. The minimum absolute atomic E-state index is 0. The lowest BCUT2D eigenvalue weighted by Crippen LogP contribution is -1.92. The van der Waals surface area contributed by atoms with E-state index in [4.69, 9.17) is 11.6 Å². The second-order valence-electron chi connectivity index (χ2n) is 3.76. The van der Waals surface area contributed by atoms with Crippen molar-refractivity contribution in [2.24, 2.45) is 0 Å². The molecule has 0 bridgehead atoms. The van der Waals surface area contributed by atoms with Crippen LogP contribution in [0.25, 0.3) is 6.08 Å². The minimum atomic E-state index is -0.0328. The van der Waals surface area contributed by atoms with E-state index in [1.165, 1.54) is 0 Å². The molecule has 2 aromatic carbocycles. The maximum absolute atomic E-state index is 11.9. The molecule has 0 atom stereocenters. The fourth-order valence-corrected chi connectivity index (χ4v) is 1.85. The first kappa shape index (κ1) is 16.2. The number of halogens is 3. The van der Waals surface area contributed by atoms with Gasteiger partial charge < -0.3 is 0 Å². The van der Waals surface area contributed by atoms with Crippen LogP contribution in [0.2, 0.25) is 5.02 Å². The van der Waals surface area contributed by atoms with Crippen molar-refractivity contribution < 1.29 is 4.79 Å². The zero-order chi connectivity index (χ0) is 13.0. The lowest BCUT2D eigenvalue weighted by molar-refractivity contribution is 0.104. The number of carbonyl (C=O) groups is 1. The molecule has 19 heavy (non-hydrogen) atoms. The number of carbonyl (C=O) groups excluding carboxylic acids is 1. The molecular weight excluding hydrogens is 391 g/mol. The van der Waals surface area contributed by atoms with E-state index in [-0.39, 0.29) is 22.8 Å². The van der Waals surface area contributed by atoms with E-state index in [1.54, 1.807) is 36.4 Å².